The highest BCUT2D eigenvalue weighted by molar-refractivity contribution is 5.53. The molecule has 3 atom stereocenters. The molecule has 0 spiro atoms. The molecule has 2 saturated carbocycles. The summed E-state index contributed by atoms with van der Waals surface area (Å²) in [5, 5.41) is 3.47. The molecule has 110 valence electrons. The van der Waals surface area contributed by atoms with Gasteiger partial charge in [0.05, 0.1) is 11.8 Å². The first-order chi connectivity index (χ1) is 9.61. The van der Waals surface area contributed by atoms with Crippen molar-refractivity contribution in [3.05, 3.63) is 12.1 Å². The van der Waals surface area contributed by atoms with Crippen LogP contribution in [0.1, 0.15) is 39.5 Å². The summed E-state index contributed by atoms with van der Waals surface area (Å²) in [6.45, 7) is 4.99. The van der Waals surface area contributed by atoms with E-state index in [4.69, 9.17) is 10.5 Å². The molecule has 1 heterocycles. The molecule has 0 radical (unpaired) electrons. The van der Waals surface area contributed by atoms with E-state index in [1.807, 2.05) is 26.0 Å². The average molecular weight is 275 g/mol. The lowest BCUT2D eigenvalue weighted by Gasteiger charge is -2.22. The molecule has 4 nitrogen and oxygen atoms in total. The van der Waals surface area contributed by atoms with Crippen LogP contribution in [0.5, 0.6) is 5.88 Å². The Morgan fingerprint density at radius 2 is 2.20 bits per heavy atom. The lowest BCUT2D eigenvalue weighted by atomic mass is 9.89. The topological polar surface area (TPSA) is 60.2 Å². The Morgan fingerprint density at radius 3 is 2.85 bits per heavy atom. The minimum atomic E-state index is 0.0885. The molecule has 1 aromatic heterocycles. The van der Waals surface area contributed by atoms with Crippen molar-refractivity contribution in [3.63, 3.8) is 0 Å². The Kier molecular flexibility index (Phi) is 3.72. The molecular formula is C16H25N3O. The van der Waals surface area contributed by atoms with E-state index in [9.17, 15) is 0 Å². The highest BCUT2D eigenvalue weighted by Crippen LogP contribution is 2.48. The van der Waals surface area contributed by atoms with Crippen LogP contribution < -0.4 is 15.8 Å². The predicted octanol–water partition coefficient (Wildman–Crippen LogP) is 3.30. The smallest absolute Gasteiger partial charge is 0.239 e. The number of pyridine rings is 1. The van der Waals surface area contributed by atoms with Crippen LogP contribution in [-0.4, -0.2) is 17.6 Å². The molecule has 3 N–H and O–H groups in total. The number of aromatic nitrogens is 1. The zero-order chi connectivity index (χ0) is 14.1. The van der Waals surface area contributed by atoms with Crippen LogP contribution in [-0.2, 0) is 0 Å². The zero-order valence-electron chi connectivity index (χ0n) is 12.4. The average Bonchev–Trinajstić information content (AvgIpc) is 3.01. The van der Waals surface area contributed by atoms with Crippen molar-refractivity contribution in [1.82, 2.24) is 4.98 Å². The summed E-state index contributed by atoms with van der Waals surface area (Å²) in [6, 6.07) is 3.81. The number of hydrogen-bond donors (Lipinski definition) is 2. The van der Waals surface area contributed by atoms with Crippen LogP contribution in [0.4, 0.5) is 11.5 Å². The second kappa shape index (κ2) is 5.51. The number of nitrogens with zero attached hydrogens (tertiary/aromatic N) is 1. The van der Waals surface area contributed by atoms with Crippen LogP contribution in [0.15, 0.2) is 12.1 Å². The van der Waals surface area contributed by atoms with E-state index in [2.05, 4.69) is 10.3 Å². The Bertz CT molecular complexity index is 475. The second-order valence-electron chi connectivity index (χ2n) is 6.57. The fraction of sp³-hybridized carbons (Fsp3) is 0.688. The number of anilines is 2. The number of hydrogen-bond acceptors (Lipinski definition) is 4. The van der Waals surface area contributed by atoms with Gasteiger partial charge in [0.2, 0.25) is 5.88 Å². The Balaban J connectivity index is 1.60. The van der Waals surface area contributed by atoms with Crippen LogP contribution in [0.25, 0.3) is 0 Å². The number of fused-ring (bicyclic) bond motifs is 2. The third-order valence-electron chi connectivity index (χ3n) is 4.67. The summed E-state index contributed by atoms with van der Waals surface area (Å²) in [5.74, 6) is 4.16. The Morgan fingerprint density at radius 1 is 1.35 bits per heavy atom. The molecule has 3 unspecified atom stereocenters. The summed E-state index contributed by atoms with van der Waals surface area (Å²) in [4.78, 5) is 4.48. The molecule has 0 amide bonds. The summed E-state index contributed by atoms with van der Waals surface area (Å²) in [7, 11) is 0. The van der Waals surface area contributed by atoms with Gasteiger partial charge in [-0.3, -0.25) is 0 Å². The third-order valence-corrected chi connectivity index (χ3v) is 4.67. The second-order valence-corrected chi connectivity index (χ2v) is 6.57. The summed E-state index contributed by atoms with van der Waals surface area (Å²) in [6.07, 6.45) is 5.80. The van der Waals surface area contributed by atoms with Gasteiger partial charge in [0.25, 0.3) is 0 Å². The molecule has 2 aliphatic carbocycles. The number of nitrogen functional groups attached to an aromatic ring is 1. The van der Waals surface area contributed by atoms with Gasteiger partial charge >= 0.3 is 0 Å². The van der Waals surface area contributed by atoms with Gasteiger partial charge in [-0.15, -0.1) is 0 Å². The molecule has 2 aliphatic rings. The van der Waals surface area contributed by atoms with E-state index in [-0.39, 0.29) is 6.10 Å². The van der Waals surface area contributed by atoms with Gasteiger partial charge in [0.1, 0.15) is 5.82 Å². The van der Waals surface area contributed by atoms with Crippen molar-refractivity contribution in [2.75, 3.05) is 17.6 Å². The minimum Gasteiger partial charge on any atom is -0.473 e. The first-order valence-corrected chi connectivity index (χ1v) is 7.79. The molecule has 0 aromatic carbocycles. The summed E-state index contributed by atoms with van der Waals surface area (Å²) >= 11 is 0. The molecule has 0 aliphatic heterocycles. The van der Waals surface area contributed by atoms with Crippen molar-refractivity contribution in [1.29, 1.82) is 0 Å². The maximum atomic E-state index is 5.89. The van der Waals surface area contributed by atoms with E-state index >= 15 is 0 Å². The molecule has 1 aromatic rings. The molecule has 4 heteroatoms. The molecule has 2 fully saturated rings. The number of ether oxygens (including phenoxy) is 1. The van der Waals surface area contributed by atoms with Crippen molar-refractivity contribution in [2.24, 2.45) is 17.8 Å². The maximum Gasteiger partial charge on any atom is 0.239 e. The van der Waals surface area contributed by atoms with E-state index in [1.54, 1.807) is 0 Å². The molecule has 0 saturated heterocycles. The highest BCUT2D eigenvalue weighted by Gasteiger charge is 2.39. The van der Waals surface area contributed by atoms with Crippen LogP contribution in [0.2, 0.25) is 0 Å². The summed E-state index contributed by atoms with van der Waals surface area (Å²) < 4.78 is 5.63. The zero-order valence-corrected chi connectivity index (χ0v) is 12.4. The van der Waals surface area contributed by atoms with Crippen LogP contribution >= 0.6 is 0 Å². The molecule has 2 bridgehead atoms. The lowest BCUT2D eigenvalue weighted by molar-refractivity contribution is 0.234. The van der Waals surface area contributed by atoms with Gasteiger partial charge in [-0.05, 0) is 63.0 Å². The van der Waals surface area contributed by atoms with E-state index in [1.165, 1.54) is 25.7 Å². The van der Waals surface area contributed by atoms with Gasteiger partial charge in [-0.2, -0.15) is 4.98 Å². The molecule has 3 rings (SSSR count). The van der Waals surface area contributed by atoms with E-state index in [0.717, 1.165) is 30.1 Å². The fourth-order valence-electron chi connectivity index (χ4n) is 3.73. The van der Waals surface area contributed by atoms with E-state index in [0.29, 0.717) is 11.6 Å². The third kappa shape index (κ3) is 2.84. The van der Waals surface area contributed by atoms with Gasteiger partial charge in [0.15, 0.2) is 0 Å². The molecular weight excluding hydrogens is 250 g/mol. The van der Waals surface area contributed by atoms with Crippen molar-refractivity contribution < 1.29 is 4.74 Å². The first kappa shape index (κ1) is 13.5. The predicted molar refractivity (Wildman–Crippen MR) is 81.8 cm³/mol. The molecule has 20 heavy (non-hydrogen) atoms. The fourth-order valence-corrected chi connectivity index (χ4v) is 3.73. The van der Waals surface area contributed by atoms with Crippen LogP contribution in [0.3, 0.4) is 0 Å². The largest absolute Gasteiger partial charge is 0.473 e. The lowest BCUT2D eigenvalue weighted by Crippen LogP contribution is -2.20. The SMILES string of the molecule is CC(C)Oc1nc(NCC2CC3CCC2C3)ccc1N. The minimum absolute atomic E-state index is 0.0885. The monoisotopic (exact) mass is 275 g/mol. The highest BCUT2D eigenvalue weighted by atomic mass is 16.5. The Hall–Kier alpha value is -1.45. The normalized spacial score (nSPS) is 28.1. The van der Waals surface area contributed by atoms with Crippen molar-refractivity contribution in [3.8, 4) is 5.88 Å². The quantitative estimate of drug-likeness (QED) is 0.865. The Labute approximate surface area is 121 Å². The first-order valence-electron chi connectivity index (χ1n) is 7.79. The van der Waals surface area contributed by atoms with Crippen molar-refractivity contribution >= 4 is 11.5 Å². The van der Waals surface area contributed by atoms with Gasteiger partial charge < -0.3 is 15.8 Å². The maximum absolute atomic E-state index is 5.89. The number of rotatable bonds is 5. The van der Waals surface area contributed by atoms with Gasteiger partial charge in [-0.1, -0.05) is 6.42 Å². The number of nitrogens with one attached hydrogen (secondary N) is 1. The van der Waals surface area contributed by atoms with Gasteiger partial charge in [-0.25, -0.2) is 0 Å². The van der Waals surface area contributed by atoms with Crippen molar-refractivity contribution in [2.45, 2.75) is 45.6 Å². The number of nitrogens with two attached hydrogens (primary N) is 1. The van der Waals surface area contributed by atoms with Gasteiger partial charge in [0, 0.05) is 6.54 Å². The standard InChI is InChI=1S/C16H25N3O/c1-10(2)20-16-14(17)5-6-15(19-16)18-9-13-8-11-3-4-12(13)7-11/h5-6,10-13H,3-4,7-9,17H2,1-2H3,(H,18,19). The van der Waals surface area contributed by atoms with Crippen LogP contribution in [0, 0.1) is 17.8 Å². The summed E-state index contributed by atoms with van der Waals surface area (Å²) in [5.41, 5.74) is 6.49. The van der Waals surface area contributed by atoms with E-state index < -0.39 is 0 Å².